The maximum Gasteiger partial charge on any atom is 0.108 e. The number of nitrogens with zero attached hydrogens (tertiary/aromatic N) is 4. The van der Waals surface area contributed by atoms with Gasteiger partial charge in [-0.15, -0.1) is 5.10 Å². The molecule has 100 valence electrons. The minimum absolute atomic E-state index is 0.422. The van der Waals surface area contributed by atoms with Crippen LogP contribution in [0.4, 0.5) is 0 Å². The Balaban J connectivity index is 2.12. The van der Waals surface area contributed by atoms with Crippen molar-refractivity contribution in [3.05, 3.63) is 11.9 Å². The van der Waals surface area contributed by atoms with Crippen LogP contribution in [-0.2, 0) is 17.9 Å². The van der Waals surface area contributed by atoms with Gasteiger partial charge in [0, 0.05) is 6.54 Å². The molecule has 0 aliphatic carbocycles. The van der Waals surface area contributed by atoms with E-state index in [2.05, 4.69) is 17.2 Å². The van der Waals surface area contributed by atoms with E-state index in [-0.39, 0.29) is 0 Å². The molecular weight excluding hydrogens is 228 g/mol. The quantitative estimate of drug-likeness (QED) is 0.599. The van der Waals surface area contributed by atoms with Crippen molar-refractivity contribution in [3.63, 3.8) is 0 Å². The van der Waals surface area contributed by atoms with Gasteiger partial charge in [0.2, 0.25) is 0 Å². The Morgan fingerprint density at radius 1 is 1.33 bits per heavy atom. The third-order valence-corrected chi connectivity index (χ3v) is 2.69. The van der Waals surface area contributed by atoms with Gasteiger partial charge >= 0.3 is 0 Å². The number of nitriles is 1. The highest BCUT2D eigenvalue weighted by atomic mass is 16.5. The summed E-state index contributed by atoms with van der Waals surface area (Å²) in [5, 5.41) is 16.5. The normalized spacial score (nSPS) is 10.4. The van der Waals surface area contributed by atoms with Gasteiger partial charge in [-0.25, -0.2) is 0 Å². The number of hydrogen-bond donors (Lipinski definition) is 0. The summed E-state index contributed by atoms with van der Waals surface area (Å²) in [5.74, 6) is 0. The zero-order chi connectivity index (χ0) is 13.1. The lowest BCUT2D eigenvalue weighted by Crippen LogP contribution is -1.98. The Bertz CT molecular complexity index is 356. The third-order valence-electron chi connectivity index (χ3n) is 2.69. The molecule has 0 saturated carbocycles. The summed E-state index contributed by atoms with van der Waals surface area (Å²) in [7, 11) is 0. The van der Waals surface area contributed by atoms with Gasteiger partial charge in [0.05, 0.1) is 31.9 Å². The van der Waals surface area contributed by atoms with Crippen molar-refractivity contribution >= 4 is 0 Å². The van der Waals surface area contributed by atoms with Crippen LogP contribution in [0.1, 0.15) is 51.1 Å². The average molecular weight is 250 g/mol. The molecule has 1 aromatic heterocycles. The average Bonchev–Trinajstić information content (AvgIpc) is 2.82. The Morgan fingerprint density at radius 3 is 2.94 bits per heavy atom. The molecule has 5 nitrogen and oxygen atoms in total. The topological polar surface area (TPSA) is 63.7 Å². The summed E-state index contributed by atoms with van der Waals surface area (Å²) in [5.41, 5.74) is 0.835. The van der Waals surface area contributed by atoms with Gasteiger partial charge in [0.25, 0.3) is 0 Å². The summed E-state index contributed by atoms with van der Waals surface area (Å²) >= 11 is 0. The maximum absolute atomic E-state index is 8.36. The van der Waals surface area contributed by atoms with E-state index in [4.69, 9.17) is 10.00 Å². The Morgan fingerprint density at radius 2 is 2.17 bits per heavy atom. The molecule has 0 bridgehead atoms. The van der Waals surface area contributed by atoms with Crippen molar-refractivity contribution in [2.24, 2.45) is 0 Å². The van der Waals surface area contributed by atoms with E-state index in [1.54, 1.807) is 0 Å². The van der Waals surface area contributed by atoms with Crippen LogP contribution < -0.4 is 0 Å². The van der Waals surface area contributed by atoms with Crippen LogP contribution in [0.25, 0.3) is 0 Å². The smallest absolute Gasteiger partial charge is 0.108 e. The lowest BCUT2D eigenvalue weighted by Gasteiger charge is -2.00. The van der Waals surface area contributed by atoms with E-state index in [0.717, 1.165) is 18.7 Å². The molecule has 5 heteroatoms. The number of hydrogen-bond acceptors (Lipinski definition) is 4. The van der Waals surface area contributed by atoms with Crippen LogP contribution in [0.3, 0.4) is 0 Å². The van der Waals surface area contributed by atoms with E-state index in [9.17, 15) is 0 Å². The van der Waals surface area contributed by atoms with E-state index in [0.29, 0.717) is 19.6 Å². The van der Waals surface area contributed by atoms with Gasteiger partial charge in [-0.05, 0) is 6.42 Å². The minimum Gasteiger partial charge on any atom is -0.374 e. The van der Waals surface area contributed by atoms with Gasteiger partial charge < -0.3 is 4.74 Å². The van der Waals surface area contributed by atoms with E-state index in [1.165, 1.54) is 25.7 Å². The SMILES string of the molecule is CCCCCCCn1cc(COCCC#N)nn1. The summed E-state index contributed by atoms with van der Waals surface area (Å²) in [6.07, 6.45) is 8.63. The van der Waals surface area contributed by atoms with Crippen molar-refractivity contribution < 1.29 is 4.74 Å². The molecule has 0 spiro atoms. The molecule has 18 heavy (non-hydrogen) atoms. The summed E-state index contributed by atoms with van der Waals surface area (Å²) in [4.78, 5) is 0. The molecule has 0 N–H and O–H groups in total. The summed E-state index contributed by atoms with van der Waals surface area (Å²) in [6, 6.07) is 2.04. The van der Waals surface area contributed by atoms with E-state index in [1.807, 2.05) is 16.9 Å². The molecular formula is C13H22N4O. The van der Waals surface area contributed by atoms with Crippen LogP contribution in [-0.4, -0.2) is 21.6 Å². The van der Waals surface area contributed by atoms with Crippen molar-refractivity contribution in [1.29, 1.82) is 5.26 Å². The molecule has 0 aromatic carbocycles. The second-order valence-electron chi connectivity index (χ2n) is 4.35. The molecule has 0 unspecified atom stereocenters. The number of ether oxygens (including phenoxy) is 1. The Labute approximate surface area is 109 Å². The highest BCUT2D eigenvalue weighted by Gasteiger charge is 2.00. The summed E-state index contributed by atoms with van der Waals surface area (Å²) < 4.78 is 7.16. The zero-order valence-electron chi connectivity index (χ0n) is 11.1. The molecule has 0 saturated heterocycles. The van der Waals surface area contributed by atoms with Crippen LogP contribution in [0.15, 0.2) is 6.20 Å². The molecule has 0 radical (unpaired) electrons. The second kappa shape index (κ2) is 9.60. The molecule has 1 rings (SSSR count). The highest BCUT2D eigenvalue weighted by molar-refractivity contribution is 4.89. The van der Waals surface area contributed by atoms with Gasteiger partial charge in [-0.1, -0.05) is 37.8 Å². The van der Waals surface area contributed by atoms with Crippen LogP contribution in [0.5, 0.6) is 0 Å². The van der Waals surface area contributed by atoms with Gasteiger partial charge in [-0.2, -0.15) is 5.26 Å². The van der Waals surface area contributed by atoms with E-state index < -0.39 is 0 Å². The Hall–Kier alpha value is -1.41. The number of aromatic nitrogens is 3. The van der Waals surface area contributed by atoms with Crippen molar-refractivity contribution in [2.75, 3.05) is 6.61 Å². The molecule has 0 atom stereocenters. The highest BCUT2D eigenvalue weighted by Crippen LogP contribution is 2.04. The van der Waals surface area contributed by atoms with Gasteiger partial charge in [0.15, 0.2) is 0 Å². The molecule has 1 heterocycles. The van der Waals surface area contributed by atoms with Crippen molar-refractivity contribution in [2.45, 2.75) is 58.6 Å². The third kappa shape index (κ3) is 6.36. The number of aryl methyl sites for hydroxylation is 1. The van der Waals surface area contributed by atoms with Gasteiger partial charge in [0.1, 0.15) is 5.69 Å². The lowest BCUT2D eigenvalue weighted by atomic mass is 10.1. The number of rotatable bonds is 10. The van der Waals surface area contributed by atoms with E-state index >= 15 is 0 Å². The first kappa shape index (κ1) is 14.7. The fraction of sp³-hybridized carbons (Fsp3) is 0.769. The molecule has 0 aliphatic rings. The molecule has 0 fully saturated rings. The largest absolute Gasteiger partial charge is 0.374 e. The lowest BCUT2D eigenvalue weighted by molar-refractivity contribution is 0.123. The van der Waals surface area contributed by atoms with Crippen molar-refractivity contribution in [3.8, 4) is 6.07 Å². The van der Waals surface area contributed by atoms with Crippen LogP contribution >= 0.6 is 0 Å². The molecule has 1 aromatic rings. The standard InChI is InChI=1S/C13H22N4O/c1-2-3-4-5-6-9-17-11-13(15-16-17)12-18-10-7-8-14/h11H,2-7,9-10,12H2,1H3. The Kier molecular flexibility index (Phi) is 7.82. The monoisotopic (exact) mass is 250 g/mol. The predicted molar refractivity (Wildman–Crippen MR) is 68.7 cm³/mol. The second-order valence-corrected chi connectivity index (χ2v) is 4.35. The predicted octanol–water partition coefficient (Wildman–Crippen LogP) is 2.68. The first-order chi connectivity index (χ1) is 8.86. The fourth-order valence-corrected chi connectivity index (χ4v) is 1.69. The zero-order valence-corrected chi connectivity index (χ0v) is 11.1. The maximum atomic E-state index is 8.36. The van der Waals surface area contributed by atoms with Gasteiger partial charge in [-0.3, -0.25) is 4.68 Å². The van der Waals surface area contributed by atoms with Crippen LogP contribution in [0.2, 0.25) is 0 Å². The fourth-order valence-electron chi connectivity index (χ4n) is 1.69. The number of unbranched alkanes of at least 4 members (excludes halogenated alkanes) is 4. The molecule has 0 amide bonds. The first-order valence-electron chi connectivity index (χ1n) is 6.70. The minimum atomic E-state index is 0.422. The van der Waals surface area contributed by atoms with Crippen LogP contribution in [0, 0.1) is 11.3 Å². The molecule has 0 aliphatic heterocycles. The summed E-state index contributed by atoms with van der Waals surface area (Å²) in [6.45, 7) is 4.04. The van der Waals surface area contributed by atoms with Crippen molar-refractivity contribution in [1.82, 2.24) is 15.0 Å². The first-order valence-corrected chi connectivity index (χ1v) is 6.70.